The van der Waals surface area contributed by atoms with Gasteiger partial charge in [-0.2, -0.15) is 0 Å². The van der Waals surface area contributed by atoms with Crippen LogP contribution < -0.4 is 10.1 Å². The van der Waals surface area contributed by atoms with Gasteiger partial charge in [-0.1, -0.05) is 0 Å². The van der Waals surface area contributed by atoms with E-state index in [2.05, 4.69) is 5.32 Å². The number of halogens is 1. The minimum absolute atomic E-state index is 0.117. The molecule has 0 bridgehead atoms. The maximum atomic E-state index is 13.0. The summed E-state index contributed by atoms with van der Waals surface area (Å²) in [6.07, 6.45) is 0. The van der Waals surface area contributed by atoms with Gasteiger partial charge in [-0.3, -0.25) is 4.79 Å². The predicted octanol–water partition coefficient (Wildman–Crippen LogP) is 4.26. The van der Waals surface area contributed by atoms with Gasteiger partial charge in [-0.15, -0.1) is 11.8 Å². The summed E-state index contributed by atoms with van der Waals surface area (Å²) in [5, 5.41) is 2.79. The highest BCUT2D eigenvalue weighted by Crippen LogP contribution is 2.22. The molecule has 0 aromatic heterocycles. The molecule has 0 saturated carbocycles. The molecule has 1 N–H and O–H groups in total. The Balaban J connectivity index is 1.87. The first kappa shape index (κ1) is 16.4. The van der Waals surface area contributed by atoms with Crippen LogP contribution in [0.2, 0.25) is 0 Å². The van der Waals surface area contributed by atoms with E-state index in [0.29, 0.717) is 23.6 Å². The highest BCUT2D eigenvalue weighted by Gasteiger charge is 2.06. The average Bonchev–Trinajstić information content (AvgIpc) is 2.50. The molecule has 3 nitrogen and oxygen atoms in total. The number of rotatable bonds is 6. The molecule has 0 unspecified atom stereocenters. The SMILES string of the molecule is CCOc1ccc(SCC(=O)Nc2ccc(F)cc2C)cc1. The number of benzene rings is 2. The fraction of sp³-hybridized carbons (Fsp3) is 0.235. The molecule has 0 heterocycles. The molecule has 2 rings (SSSR count). The number of carbonyl (C=O) groups is 1. The van der Waals surface area contributed by atoms with Crippen LogP contribution in [0.3, 0.4) is 0 Å². The topological polar surface area (TPSA) is 38.3 Å². The second kappa shape index (κ2) is 7.84. The van der Waals surface area contributed by atoms with Gasteiger partial charge in [0.05, 0.1) is 12.4 Å². The number of aryl methyl sites for hydroxylation is 1. The van der Waals surface area contributed by atoms with Gasteiger partial charge in [-0.05, 0) is 61.9 Å². The molecule has 0 atom stereocenters. The van der Waals surface area contributed by atoms with Gasteiger partial charge in [0.25, 0.3) is 0 Å². The molecule has 0 aliphatic heterocycles. The van der Waals surface area contributed by atoms with Crippen LogP contribution in [0.1, 0.15) is 12.5 Å². The van der Waals surface area contributed by atoms with E-state index < -0.39 is 0 Å². The Morgan fingerprint density at radius 2 is 1.95 bits per heavy atom. The number of nitrogens with one attached hydrogen (secondary N) is 1. The summed E-state index contributed by atoms with van der Waals surface area (Å²) >= 11 is 1.44. The molecule has 0 saturated heterocycles. The van der Waals surface area contributed by atoms with E-state index in [1.165, 1.54) is 23.9 Å². The normalized spacial score (nSPS) is 10.3. The first-order valence-electron chi connectivity index (χ1n) is 7.00. The zero-order valence-corrected chi connectivity index (χ0v) is 13.4. The van der Waals surface area contributed by atoms with Crippen LogP contribution in [-0.2, 0) is 4.79 Å². The maximum Gasteiger partial charge on any atom is 0.234 e. The highest BCUT2D eigenvalue weighted by molar-refractivity contribution is 8.00. The largest absolute Gasteiger partial charge is 0.494 e. The third-order valence-corrected chi connectivity index (χ3v) is 3.98. The zero-order chi connectivity index (χ0) is 15.9. The number of thioether (sulfide) groups is 1. The molecule has 0 fully saturated rings. The molecule has 22 heavy (non-hydrogen) atoms. The summed E-state index contributed by atoms with van der Waals surface area (Å²) in [5.41, 5.74) is 1.35. The first-order chi connectivity index (χ1) is 10.6. The third-order valence-electron chi connectivity index (χ3n) is 2.97. The van der Waals surface area contributed by atoms with E-state index in [0.717, 1.165) is 10.6 Å². The zero-order valence-electron chi connectivity index (χ0n) is 12.6. The van der Waals surface area contributed by atoms with Gasteiger partial charge >= 0.3 is 0 Å². The number of amides is 1. The lowest BCUT2D eigenvalue weighted by molar-refractivity contribution is -0.113. The molecule has 1 amide bonds. The van der Waals surface area contributed by atoms with Crippen molar-refractivity contribution in [1.82, 2.24) is 0 Å². The lowest BCUT2D eigenvalue weighted by atomic mass is 10.2. The van der Waals surface area contributed by atoms with Crippen molar-refractivity contribution in [3.8, 4) is 5.75 Å². The Kier molecular flexibility index (Phi) is 5.83. The van der Waals surface area contributed by atoms with Gasteiger partial charge in [0.2, 0.25) is 5.91 Å². The van der Waals surface area contributed by atoms with Crippen molar-refractivity contribution in [2.24, 2.45) is 0 Å². The Hall–Kier alpha value is -2.01. The highest BCUT2D eigenvalue weighted by atomic mass is 32.2. The summed E-state index contributed by atoms with van der Waals surface area (Å²) in [5.74, 6) is 0.691. The van der Waals surface area contributed by atoms with Gasteiger partial charge in [0, 0.05) is 10.6 Å². The Morgan fingerprint density at radius 1 is 1.23 bits per heavy atom. The third kappa shape index (κ3) is 4.77. The van der Waals surface area contributed by atoms with Crippen LogP contribution in [-0.4, -0.2) is 18.3 Å². The standard InChI is InChI=1S/C17H18FNO2S/c1-3-21-14-5-7-15(8-6-14)22-11-17(20)19-16-9-4-13(18)10-12(16)2/h4-10H,3,11H2,1-2H3,(H,19,20). The van der Waals surface area contributed by atoms with Crippen molar-refractivity contribution in [2.75, 3.05) is 17.7 Å². The van der Waals surface area contributed by atoms with Crippen LogP contribution in [0.5, 0.6) is 5.75 Å². The van der Waals surface area contributed by atoms with Crippen molar-refractivity contribution in [3.63, 3.8) is 0 Å². The molecule has 5 heteroatoms. The molecule has 0 aliphatic carbocycles. The second-order valence-corrected chi connectivity index (χ2v) is 5.75. The van der Waals surface area contributed by atoms with E-state index >= 15 is 0 Å². The number of anilines is 1. The number of hydrogen-bond donors (Lipinski definition) is 1. The Labute approximate surface area is 133 Å². The monoisotopic (exact) mass is 319 g/mol. The number of hydrogen-bond acceptors (Lipinski definition) is 3. The van der Waals surface area contributed by atoms with E-state index in [-0.39, 0.29) is 11.7 Å². The summed E-state index contributed by atoms with van der Waals surface area (Å²) in [4.78, 5) is 12.9. The first-order valence-corrected chi connectivity index (χ1v) is 7.98. The van der Waals surface area contributed by atoms with Crippen LogP contribution in [0.25, 0.3) is 0 Å². The average molecular weight is 319 g/mol. The lowest BCUT2D eigenvalue weighted by Gasteiger charge is -2.08. The Morgan fingerprint density at radius 3 is 2.59 bits per heavy atom. The second-order valence-electron chi connectivity index (χ2n) is 4.70. The molecule has 0 spiro atoms. The van der Waals surface area contributed by atoms with E-state index in [1.54, 1.807) is 13.0 Å². The summed E-state index contributed by atoms with van der Waals surface area (Å²) in [7, 11) is 0. The molecular formula is C17H18FNO2S. The van der Waals surface area contributed by atoms with Crippen LogP contribution >= 0.6 is 11.8 Å². The maximum absolute atomic E-state index is 13.0. The fourth-order valence-electron chi connectivity index (χ4n) is 1.90. The van der Waals surface area contributed by atoms with Gasteiger partial charge in [-0.25, -0.2) is 4.39 Å². The number of ether oxygens (including phenoxy) is 1. The van der Waals surface area contributed by atoms with Crippen molar-refractivity contribution in [2.45, 2.75) is 18.7 Å². The van der Waals surface area contributed by atoms with Crippen LogP contribution in [0.15, 0.2) is 47.4 Å². The van der Waals surface area contributed by atoms with E-state index in [4.69, 9.17) is 4.74 Å². The van der Waals surface area contributed by atoms with Crippen molar-refractivity contribution in [3.05, 3.63) is 53.8 Å². The minimum Gasteiger partial charge on any atom is -0.494 e. The molecule has 0 aliphatic rings. The molecular weight excluding hydrogens is 301 g/mol. The minimum atomic E-state index is -0.306. The van der Waals surface area contributed by atoms with Gasteiger partial charge in [0.15, 0.2) is 0 Å². The van der Waals surface area contributed by atoms with Crippen molar-refractivity contribution in [1.29, 1.82) is 0 Å². The van der Waals surface area contributed by atoms with Crippen molar-refractivity contribution < 1.29 is 13.9 Å². The summed E-state index contributed by atoms with van der Waals surface area (Å²) < 4.78 is 18.4. The summed E-state index contributed by atoms with van der Waals surface area (Å²) in [6.45, 7) is 4.33. The number of carbonyl (C=O) groups excluding carboxylic acids is 1. The van der Waals surface area contributed by atoms with Gasteiger partial charge in [0.1, 0.15) is 11.6 Å². The summed E-state index contributed by atoms with van der Waals surface area (Å²) in [6, 6.07) is 11.9. The van der Waals surface area contributed by atoms with E-state index in [1.807, 2.05) is 31.2 Å². The lowest BCUT2D eigenvalue weighted by Crippen LogP contribution is -2.14. The fourth-order valence-corrected chi connectivity index (χ4v) is 2.60. The quantitative estimate of drug-likeness (QED) is 0.808. The molecule has 2 aromatic rings. The van der Waals surface area contributed by atoms with Crippen LogP contribution in [0.4, 0.5) is 10.1 Å². The molecule has 116 valence electrons. The van der Waals surface area contributed by atoms with E-state index in [9.17, 15) is 9.18 Å². The smallest absolute Gasteiger partial charge is 0.234 e. The Bertz CT molecular complexity index is 644. The molecule has 2 aromatic carbocycles. The van der Waals surface area contributed by atoms with Crippen molar-refractivity contribution >= 4 is 23.4 Å². The predicted molar refractivity (Wildman–Crippen MR) is 88.1 cm³/mol. The molecule has 0 radical (unpaired) electrons. The van der Waals surface area contributed by atoms with Gasteiger partial charge < -0.3 is 10.1 Å². The van der Waals surface area contributed by atoms with Crippen LogP contribution in [0, 0.1) is 12.7 Å².